The summed E-state index contributed by atoms with van der Waals surface area (Å²) in [4.78, 5) is 12.0. The molecule has 1 atom stereocenters. The van der Waals surface area contributed by atoms with Gasteiger partial charge < -0.3 is 11.1 Å². The van der Waals surface area contributed by atoms with Gasteiger partial charge in [-0.1, -0.05) is 24.3 Å². The van der Waals surface area contributed by atoms with Crippen LogP contribution in [0.4, 0.5) is 0 Å². The number of benzene rings is 1. The quantitative estimate of drug-likeness (QED) is 0.776. The standard InChI is InChI=1S/C16H22N4OS/c1-22-10-7-15(17)16(21)18-11-13-5-2-3-6-14(13)12-20-9-4-8-19-20/h2-6,8-9,15H,7,10-12,17H2,1H3,(H,18,21). The Labute approximate surface area is 135 Å². The Bertz CT molecular complexity index is 586. The van der Waals surface area contributed by atoms with Gasteiger partial charge in [0.25, 0.3) is 0 Å². The summed E-state index contributed by atoms with van der Waals surface area (Å²) in [7, 11) is 0. The molecule has 118 valence electrons. The van der Waals surface area contributed by atoms with Gasteiger partial charge in [-0.2, -0.15) is 16.9 Å². The number of carbonyl (C=O) groups excluding carboxylic acids is 1. The molecule has 2 rings (SSSR count). The van der Waals surface area contributed by atoms with Crippen LogP contribution in [0.15, 0.2) is 42.7 Å². The van der Waals surface area contributed by atoms with Crippen LogP contribution in [0.1, 0.15) is 17.5 Å². The molecule has 0 fully saturated rings. The smallest absolute Gasteiger partial charge is 0.237 e. The lowest BCUT2D eigenvalue weighted by Gasteiger charge is -2.14. The van der Waals surface area contributed by atoms with Crippen molar-refractivity contribution in [1.82, 2.24) is 15.1 Å². The minimum atomic E-state index is -0.439. The van der Waals surface area contributed by atoms with Crippen LogP contribution in [0.2, 0.25) is 0 Å². The van der Waals surface area contributed by atoms with E-state index < -0.39 is 6.04 Å². The van der Waals surface area contributed by atoms with Gasteiger partial charge in [-0.25, -0.2) is 0 Å². The minimum Gasteiger partial charge on any atom is -0.351 e. The Morgan fingerprint density at radius 3 is 2.82 bits per heavy atom. The molecule has 22 heavy (non-hydrogen) atoms. The molecule has 0 spiro atoms. The van der Waals surface area contributed by atoms with Gasteiger partial charge >= 0.3 is 0 Å². The molecule has 0 aliphatic rings. The third-order valence-electron chi connectivity index (χ3n) is 3.43. The van der Waals surface area contributed by atoms with E-state index in [4.69, 9.17) is 5.73 Å². The molecule has 5 nitrogen and oxygen atoms in total. The van der Waals surface area contributed by atoms with Crippen molar-refractivity contribution in [3.63, 3.8) is 0 Å². The van der Waals surface area contributed by atoms with Crippen LogP contribution in [0.3, 0.4) is 0 Å². The van der Waals surface area contributed by atoms with Crippen molar-refractivity contribution in [3.8, 4) is 0 Å². The zero-order chi connectivity index (χ0) is 15.8. The Balaban J connectivity index is 1.93. The average Bonchev–Trinajstić information content (AvgIpc) is 3.04. The highest BCUT2D eigenvalue weighted by atomic mass is 32.2. The lowest BCUT2D eigenvalue weighted by molar-refractivity contribution is -0.122. The van der Waals surface area contributed by atoms with E-state index in [0.717, 1.165) is 16.9 Å². The van der Waals surface area contributed by atoms with Crippen molar-refractivity contribution in [2.24, 2.45) is 5.73 Å². The third-order valence-corrected chi connectivity index (χ3v) is 4.08. The number of carbonyl (C=O) groups is 1. The molecule has 0 bridgehead atoms. The van der Waals surface area contributed by atoms with Crippen LogP contribution in [-0.4, -0.2) is 33.7 Å². The molecular formula is C16H22N4OS. The topological polar surface area (TPSA) is 72.9 Å². The van der Waals surface area contributed by atoms with E-state index in [0.29, 0.717) is 19.5 Å². The number of aromatic nitrogens is 2. The number of nitrogens with zero attached hydrogens (tertiary/aromatic N) is 2. The highest BCUT2D eigenvalue weighted by Crippen LogP contribution is 2.10. The van der Waals surface area contributed by atoms with E-state index >= 15 is 0 Å². The van der Waals surface area contributed by atoms with E-state index in [1.165, 1.54) is 0 Å². The number of rotatable bonds is 8. The summed E-state index contributed by atoms with van der Waals surface area (Å²) in [5.74, 6) is 0.799. The van der Waals surface area contributed by atoms with Crippen molar-refractivity contribution in [2.45, 2.75) is 25.6 Å². The second kappa shape index (κ2) is 8.60. The molecule has 1 amide bonds. The first-order chi connectivity index (χ1) is 10.7. The molecule has 1 unspecified atom stereocenters. The monoisotopic (exact) mass is 318 g/mol. The number of thioether (sulfide) groups is 1. The molecule has 0 saturated heterocycles. The van der Waals surface area contributed by atoms with Crippen LogP contribution < -0.4 is 11.1 Å². The molecule has 0 aliphatic heterocycles. The van der Waals surface area contributed by atoms with Gasteiger partial charge in [0.05, 0.1) is 12.6 Å². The van der Waals surface area contributed by atoms with Crippen LogP contribution in [-0.2, 0) is 17.9 Å². The van der Waals surface area contributed by atoms with Crippen molar-refractivity contribution in [2.75, 3.05) is 12.0 Å². The van der Waals surface area contributed by atoms with Gasteiger partial charge in [0.15, 0.2) is 0 Å². The molecule has 6 heteroatoms. The van der Waals surface area contributed by atoms with E-state index in [9.17, 15) is 4.79 Å². The molecule has 0 radical (unpaired) electrons. The maximum Gasteiger partial charge on any atom is 0.237 e. The Kier molecular flexibility index (Phi) is 6.48. The fraction of sp³-hybridized carbons (Fsp3) is 0.375. The van der Waals surface area contributed by atoms with Crippen LogP contribution in [0, 0.1) is 0 Å². The first-order valence-electron chi connectivity index (χ1n) is 7.27. The fourth-order valence-corrected chi connectivity index (χ4v) is 2.63. The average molecular weight is 318 g/mol. The number of hydrogen-bond acceptors (Lipinski definition) is 4. The molecule has 0 aliphatic carbocycles. The number of hydrogen-bond donors (Lipinski definition) is 2. The van der Waals surface area contributed by atoms with E-state index in [2.05, 4.69) is 16.5 Å². The summed E-state index contributed by atoms with van der Waals surface area (Å²) >= 11 is 1.70. The number of nitrogens with two attached hydrogens (primary N) is 1. The Morgan fingerprint density at radius 1 is 1.36 bits per heavy atom. The van der Waals surface area contributed by atoms with E-state index in [-0.39, 0.29) is 5.91 Å². The van der Waals surface area contributed by atoms with Gasteiger partial charge in [-0.05, 0) is 35.6 Å². The van der Waals surface area contributed by atoms with Crippen molar-refractivity contribution in [3.05, 3.63) is 53.9 Å². The fourth-order valence-electron chi connectivity index (χ4n) is 2.14. The number of amides is 1. The lowest BCUT2D eigenvalue weighted by Crippen LogP contribution is -2.40. The van der Waals surface area contributed by atoms with Crippen LogP contribution >= 0.6 is 11.8 Å². The summed E-state index contributed by atoms with van der Waals surface area (Å²) in [5.41, 5.74) is 8.10. The minimum absolute atomic E-state index is 0.0945. The first kappa shape index (κ1) is 16.6. The third kappa shape index (κ3) is 4.89. The molecule has 1 heterocycles. The predicted octanol–water partition coefficient (Wildman–Crippen LogP) is 1.63. The zero-order valence-electron chi connectivity index (χ0n) is 12.7. The Hall–Kier alpha value is -1.79. The normalized spacial score (nSPS) is 12.1. The summed E-state index contributed by atoms with van der Waals surface area (Å²) in [5, 5.41) is 7.14. The number of nitrogens with one attached hydrogen (secondary N) is 1. The maximum absolute atomic E-state index is 12.0. The Morgan fingerprint density at radius 2 is 2.14 bits per heavy atom. The first-order valence-corrected chi connectivity index (χ1v) is 8.66. The van der Waals surface area contributed by atoms with Gasteiger partial charge in [-0.15, -0.1) is 0 Å². The predicted molar refractivity (Wildman–Crippen MR) is 90.6 cm³/mol. The largest absolute Gasteiger partial charge is 0.351 e. The SMILES string of the molecule is CSCCC(N)C(=O)NCc1ccccc1Cn1cccn1. The van der Waals surface area contributed by atoms with Crippen LogP contribution in [0.5, 0.6) is 0 Å². The van der Waals surface area contributed by atoms with Gasteiger partial charge in [-0.3, -0.25) is 9.48 Å². The summed E-state index contributed by atoms with van der Waals surface area (Å²) in [6, 6.07) is 9.50. The molecule has 2 aromatic rings. The second-order valence-electron chi connectivity index (χ2n) is 5.08. The molecule has 1 aromatic heterocycles. The molecule has 3 N–H and O–H groups in total. The summed E-state index contributed by atoms with van der Waals surface area (Å²) < 4.78 is 1.87. The van der Waals surface area contributed by atoms with Gasteiger partial charge in [0.2, 0.25) is 5.91 Å². The zero-order valence-corrected chi connectivity index (χ0v) is 13.6. The van der Waals surface area contributed by atoms with Crippen LogP contribution in [0.25, 0.3) is 0 Å². The molecule has 0 saturated carbocycles. The van der Waals surface area contributed by atoms with Gasteiger partial charge in [0, 0.05) is 18.9 Å². The van der Waals surface area contributed by atoms with E-state index in [1.807, 2.05) is 41.4 Å². The summed E-state index contributed by atoms with van der Waals surface area (Å²) in [6.07, 6.45) is 6.39. The molecule has 1 aromatic carbocycles. The lowest BCUT2D eigenvalue weighted by atomic mass is 10.1. The highest BCUT2D eigenvalue weighted by molar-refractivity contribution is 7.98. The molecular weight excluding hydrogens is 296 g/mol. The summed E-state index contributed by atoms with van der Waals surface area (Å²) in [6.45, 7) is 1.18. The van der Waals surface area contributed by atoms with Crippen molar-refractivity contribution < 1.29 is 4.79 Å². The van der Waals surface area contributed by atoms with Crippen molar-refractivity contribution in [1.29, 1.82) is 0 Å². The van der Waals surface area contributed by atoms with Gasteiger partial charge in [0.1, 0.15) is 0 Å². The second-order valence-corrected chi connectivity index (χ2v) is 6.06. The van der Waals surface area contributed by atoms with Crippen molar-refractivity contribution >= 4 is 17.7 Å². The van der Waals surface area contributed by atoms with E-state index in [1.54, 1.807) is 18.0 Å². The highest BCUT2D eigenvalue weighted by Gasteiger charge is 2.13. The maximum atomic E-state index is 12.0.